The molecule has 0 saturated heterocycles. The Morgan fingerprint density at radius 1 is 1.29 bits per heavy atom. The quantitative estimate of drug-likeness (QED) is 0.880. The molecule has 1 N–H and O–H groups in total. The van der Waals surface area contributed by atoms with Gasteiger partial charge in [0, 0.05) is 24.4 Å². The molecule has 5 heteroatoms. The lowest BCUT2D eigenvalue weighted by Gasteiger charge is -2.10. The molecule has 88 valence electrons. The van der Waals surface area contributed by atoms with Crippen LogP contribution in [0.1, 0.15) is 5.56 Å². The van der Waals surface area contributed by atoms with Crippen molar-refractivity contribution in [2.24, 2.45) is 0 Å². The number of anilines is 2. The Bertz CT molecular complexity index is 505. The lowest BCUT2D eigenvalue weighted by molar-refractivity contribution is 0.185. The Morgan fingerprint density at radius 2 is 2.12 bits per heavy atom. The number of benzene rings is 1. The number of nitrogens with one attached hydrogen (secondary N) is 1. The zero-order valence-corrected chi connectivity index (χ0v) is 10.9. The monoisotopic (exact) mass is 293 g/mol. The molecule has 0 amide bonds. The van der Waals surface area contributed by atoms with Gasteiger partial charge in [-0.05, 0) is 22.0 Å². The lowest BCUT2D eigenvalue weighted by atomic mass is 10.2. The van der Waals surface area contributed by atoms with Crippen LogP contribution >= 0.6 is 15.9 Å². The summed E-state index contributed by atoms with van der Waals surface area (Å²) < 4.78 is 5.90. The molecule has 0 bridgehead atoms. The Labute approximate surface area is 108 Å². The Hall–Kier alpha value is -1.46. The number of hydrogen-bond donors (Lipinski definition) is 1. The molecule has 0 aliphatic carbocycles. The number of hydrogen-bond acceptors (Lipinski definition) is 4. The third-order valence-electron chi connectivity index (χ3n) is 2.21. The van der Waals surface area contributed by atoms with Gasteiger partial charge in [-0.2, -0.15) is 0 Å². The molecule has 2 aromatic rings. The molecule has 1 aromatic heterocycles. The molecule has 4 nitrogen and oxygen atoms in total. The van der Waals surface area contributed by atoms with Crippen molar-refractivity contribution < 1.29 is 4.74 Å². The van der Waals surface area contributed by atoms with Crippen LogP contribution in [0.25, 0.3) is 0 Å². The van der Waals surface area contributed by atoms with Gasteiger partial charge in [0.15, 0.2) is 0 Å². The van der Waals surface area contributed by atoms with Crippen LogP contribution in [0.2, 0.25) is 0 Å². The first kappa shape index (κ1) is 12.0. The maximum atomic E-state index is 5.15. The van der Waals surface area contributed by atoms with Crippen LogP contribution in [0, 0.1) is 0 Å². The van der Waals surface area contributed by atoms with Gasteiger partial charge in [0.2, 0.25) is 0 Å². The van der Waals surface area contributed by atoms with Crippen molar-refractivity contribution in [1.29, 1.82) is 0 Å². The molecule has 0 saturated carbocycles. The zero-order valence-electron chi connectivity index (χ0n) is 9.35. The second-order valence-corrected chi connectivity index (χ2v) is 4.25. The Balaban J connectivity index is 2.23. The van der Waals surface area contributed by atoms with Gasteiger partial charge in [-0.25, -0.2) is 9.97 Å². The highest BCUT2D eigenvalue weighted by atomic mass is 79.9. The average Bonchev–Trinajstić information content (AvgIpc) is 2.32. The second kappa shape index (κ2) is 5.75. The lowest BCUT2D eigenvalue weighted by Crippen LogP contribution is -1.99. The minimum atomic E-state index is 0.565. The highest BCUT2D eigenvalue weighted by Crippen LogP contribution is 2.21. The molecule has 1 heterocycles. The van der Waals surface area contributed by atoms with E-state index in [2.05, 4.69) is 31.2 Å². The van der Waals surface area contributed by atoms with E-state index in [9.17, 15) is 0 Å². The number of ether oxygens (including phenoxy) is 1. The van der Waals surface area contributed by atoms with Crippen LogP contribution in [0.3, 0.4) is 0 Å². The first-order valence-electron chi connectivity index (χ1n) is 5.11. The maximum Gasteiger partial charge on any atom is 0.134 e. The van der Waals surface area contributed by atoms with Crippen LogP contribution in [0.4, 0.5) is 11.5 Å². The van der Waals surface area contributed by atoms with E-state index in [0.717, 1.165) is 21.7 Å². The van der Waals surface area contributed by atoms with Crippen LogP contribution < -0.4 is 5.32 Å². The van der Waals surface area contributed by atoms with E-state index in [4.69, 9.17) is 4.74 Å². The standard InChI is InChI=1S/C12H12BrN3O/c1-17-7-9-4-2-3-5-10(9)16-12-6-11(13)14-8-15-12/h2-6,8H,7H2,1H3,(H,14,15,16). The number of para-hydroxylation sites is 1. The minimum absolute atomic E-state index is 0.565. The third kappa shape index (κ3) is 3.25. The van der Waals surface area contributed by atoms with Gasteiger partial charge in [0.1, 0.15) is 16.7 Å². The van der Waals surface area contributed by atoms with E-state index in [0.29, 0.717) is 6.61 Å². The molecule has 0 unspecified atom stereocenters. The van der Waals surface area contributed by atoms with Gasteiger partial charge in [0.05, 0.1) is 6.61 Å². The molecule has 0 fully saturated rings. The number of methoxy groups -OCH3 is 1. The summed E-state index contributed by atoms with van der Waals surface area (Å²) in [5, 5.41) is 3.24. The first-order valence-corrected chi connectivity index (χ1v) is 5.90. The molecular weight excluding hydrogens is 282 g/mol. The topological polar surface area (TPSA) is 47.0 Å². The fraction of sp³-hybridized carbons (Fsp3) is 0.167. The summed E-state index contributed by atoms with van der Waals surface area (Å²) in [4.78, 5) is 8.12. The number of aromatic nitrogens is 2. The van der Waals surface area contributed by atoms with E-state index in [1.54, 1.807) is 7.11 Å². The van der Waals surface area contributed by atoms with Crippen molar-refractivity contribution in [3.05, 3.63) is 46.8 Å². The molecule has 0 aliphatic rings. The predicted molar refractivity (Wildman–Crippen MR) is 70.2 cm³/mol. The maximum absolute atomic E-state index is 5.15. The van der Waals surface area contributed by atoms with Gasteiger partial charge in [-0.3, -0.25) is 0 Å². The highest BCUT2D eigenvalue weighted by molar-refractivity contribution is 9.10. The molecule has 0 spiro atoms. The molecule has 17 heavy (non-hydrogen) atoms. The van der Waals surface area contributed by atoms with Crippen molar-refractivity contribution in [1.82, 2.24) is 9.97 Å². The van der Waals surface area contributed by atoms with E-state index < -0.39 is 0 Å². The Morgan fingerprint density at radius 3 is 2.88 bits per heavy atom. The van der Waals surface area contributed by atoms with Gasteiger partial charge < -0.3 is 10.1 Å². The summed E-state index contributed by atoms with van der Waals surface area (Å²) in [5.41, 5.74) is 2.07. The summed E-state index contributed by atoms with van der Waals surface area (Å²) in [6, 6.07) is 9.78. The van der Waals surface area contributed by atoms with Crippen LogP contribution in [0.15, 0.2) is 41.3 Å². The summed E-state index contributed by atoms with van der Waals surface area (Å²) in [7, 11) is 1.68. The number of nitrogens with zero attached hydrogens (tertiary/aromatic N) is 2. The van der Waals surface area contributed by atoms with Crippen LogP contribution in [0.5, 0.6) is 0 Å². The largest absolute Gasteiger partial charge is 0.380 e. The molecule has 0 aliphatic heterocycles. The van der Waals surface area contributed by atoms with Gasteiger partial charge >= 0.3 is 0 Å². The van der Waals surface area contributed by atoms with E-state index in [1.165, 1.54) is 6.33 Å². The van der Waals surface area contributed by atoms with Crippen molar-refractivity contribution in [2.75, 3.05) is 12.4 Å². The smallest absolute Gasteiger partial charge is 0.134 e. The van der Waals surface area contributed by atoms with Crippen molar-refractivity contribution in [3.63, 3.8) is 0 Å². The normalized spacial score (nSPS) is 10.2. The minimum Gasteiger partial charge on any atom is -0.380 e. The summed E-state index contributed by atoms with van der Waals surface area (Å²) in [5.74, 6) is 0.746. The molecule has 1 aromatic carbocycles. The number of halogens is 1. The van der Waals surface area contributed by atoms with Gasteiger partial charge in [-0.1, -0.05) is 18.2 Å². The molecule has 0 atom stereocenters. The number of rotatable bonds is 4. The first-order chi connectivity index (χ1) is 8.29. The van der Waals surface area contributed by atoms with Crippen LogP contribution in [-0.4, -0.2) is 17.1 Å². The molecule has 2 rings (SSSR count). The zero-order chi connectivity index (χ0) is 12.1. The Kier molecular flexibility index (Phi) is 4.06. The second-order valence-electron chi connectivity index (χ2n) is 3.44. The van der Waals surface area contributed by atoms with Crippen molar-refractivity contribution in [3.8, 4) is 0 Å². The van der Waals surface area contributed by atoms with Gasteiger partial charge in [0.25, 0.3) is 0 Å². The fourth-order valence-corrected chi connectivity index (χ4v) is 1.77. The fourth-order valence-electron chi connectivity index (χ4n) is 1.46. The van der Waals surface area contributed by atoms with E-state index in [1.807, 2.05) is 30.3 Å². The predicted octanol–water partition coefficient (Wildman–Crippen LogP) is 3.13. The molecular formula is C12H12BrN3O. The third-order valence-corrected chi connectivity index (χ3v) is 2.65. The summed E-state index contributed by atoms with van der Waals surface area (Å²) in [6.07, 6.45) is 1.51. The highest BCUT2D eigenvalue weighted by Gasteiger charge is 2.02. The summed E-state index contributed by atoms with van der Waals surface area (Å²) >= 11 is 3.31. The SMILES string of the molecule is COCc1ccccc1Nc1cc(Br)ncn1. The van der Waals surface area contributed by atoms with Crippen molar-refractivity contribution >= 4 is 27.4 Å². The van der Waals surface area contributed by atoms with E-state index in [-0.39, 0.29) is 0 Å². The molecule has 0 radical (unpaired) electrons. The summed E-state index contributed by atoms with van der Waals surface area (Å²) in [6.45, 7) is 0.565. The average molecular weight is 294 g/mol. The van der Waals surface area contributed by atoms with Gasteiger partial charge in [-0.15, -0.1) is 0 Å². The van der Waals surface area contributed by atoms with Crippen LogP contribution in [-0.2, 0) is 11.3 Å². The van der Waals surface area contributed by atoms with Crippen molar-refractivity contribution in [2.45, 2.75) is 6.61 Å². The van der Waals surface area contributed by atoms with E-state index >= 15 is 0 Å².